The van der Waals surface area contributed by atoms with E-state index in [1.54, 1.807) is 18.3 Å². The van der Waals surface area contributed by atoms with Crippen molar-refractivity contribution < 1.29 is 4.39 Å². The largest absolute Gasteiger partial charge is 0.352 e. The van der Waals surface area contributed by atoms with Crippen molar-refractivity contribution in [2.75, 3.05) is 6.54 Å². The molecule has 2 unspecified atom stereocenters. The Labute approximate surface area is 170 Å². The summed E-state index contributed by atoms with van der Waals surface area (Å²) in [5.74, 6) is 0.194. The topological polar surface area (TPSA) is 33.1 Å². The summed E-state index contributed by atoms with van der Waals surface area (Å²) in [6.07, 6.45) is 3.77. The molecule has 1 saturated heterocycles. The normalized spacial score (nSPS) is 19.3. The second-order valence-corrected chi connectivity index (χ2v) is 7.84. The Morgan fingerprint density at radius 3 is 2.71 bits per heavy atom. The van der Waals surface area contributed by atoms with Gasteiger partial charge in [-0.25, -0.2) is 4.39 Å². The van der Waals surface area contributed by atoms with E-state index in [1.807, 2.05) is 41.1 Å². The van der Waals surface area contributed by atoms with Crippen molar-refractivity contribution in [2.24, 2.45) is 5.92 Å². The first-order valence-electron chi connectivity index (χ1n) is 9.46. The van der Waals surface area contributed by atoms with E-state index < -0.39 is 0 Å². The number of benzene rings is 1. The molecule has 1 fully saturated rings. The molecular weight excluding hydrogens is 371 g/mol. The predicted molar refractivity (Wildman–Crippen MR) is 113 cm³/mol. The summed E-state index contributed by atoms with van der Waals surface area (Å²) in [6.45, 7) is 5.19. The Kier molecular flexibility index (Phi) is 5.13. The fraction of sp³-hybridized carbons (Fsp3) is 0.273. The second kappa shape index (κ2) is 7.72. The average molecular weight is 395 g/mol. The number of halogens is 1. The number of pyridine rings is 1. The minimum absolute atomic E-state index is 0.0388. The van der Waals surface area contributed by atoms with Crippen LogP contribution < -0.4 is 5.32 Å². The Balaban J connectivity index is 1.81. The molecule has 0 saturated carbocycles. The SMILES string of the molecule is CC(C)CN1C(=S)NC(c2ccccn2)C1c1cccn1-c1cccc(F)c1. The van der Waals surface area contributed by atoms with Crippen LogP contribution in [0.25, 0.3) is 5.69 Å². The summed E-state index contributed by atoms with van der Waals surface area (Å²) < 4.78 is 15.9. The van der Waals surface area contributed by atoms with E-state index in [9.17, 15) is 4.39 Å². The summed E-state index contributed by atoms with van der Waals surface area (Å²) in [6, 6.07) is 16.5. The van der Waals surface area contributed by atoms with E-state index in [0.29, 0.717) is 5.92 Å². The highest BCUT2D eigenvalue weighted by Crippen LogP contribution is 2.39. The lowest BCUT2D eigenvalue weighted by Gasteiger charge is -2.30. The summed E-state index contributed by atoms with van der Waals surface area (Å²) in [5.41, 5.74) is 2.78. The fourth-order valence-electron chi connectivity index (χ4n) is 3.81. The molecule has 0 amide bonds. The maximum atomic E-state index is 13.9. The first-order chi connectivity index (χ1) is 13.5. The van der Waals surface area contributed by atoms with Crippen LogP contribution in [-0.4, -0.2) is 26.1 Å². The lowest BCUT2D eigenvalue weighted by molar-refractivity contribution is 0.280. The van der Waals surface area contributed by atoms with Gasteiger partial charge >= 0.3 is 0 Å². The molecule has 0 bridgehead atoms. The van der Waals surface area contributed by atoms with Gasteiger partial charge < -0.3 is 14.8 Å². The molecule has 144 valence electrons. The molecule has 6 heteroatoms. The van der Waals surface area contributed by atoms with Gasteiger partial charge in [0.25, 0.3) is 0 Å². The molecular formula is C22H23FN4S. The van der Waals surface area contributed by atoms with Gasteiger partial charge in [0.15, 0.2) is 5.11 Å². The van der Waals surface area contributed by atoms with Crippen LogP contribution in [0.2, 0.25) is 0 Å². The first kappa shape index (κ1) is 18.6. The molecule has 1 aliphatic rings. The number of hydrogen-bond donors (Lipinski definition) is 1. The van der Waals surface area contributed by atoms with Crippen LogP contribution in [0.1, 0.15) is 37.3 Å². The molecule has 0 spiro atoms. The van der Waals surface area contributed by atoms with E-state index in [-0.39, 0.29) is 17.9 Å². The standard InChI is InChI=1S/C22H23FN4S/c1-15(2)14-27-21(20(25-22(27)28)18-9-3-4-11-24-18)19-10-6-12-26(19)17-8-5-7-16(23)13-17/h3-13,15,20-21H,14H2,1-2H3,(H,25,28). The van der Waals surface area contributed by atoms with E-state index in [4.69, 9.17) is 12.2 Å². The molecule has 4 nitrogen and oxygen atoms in total. The quantitative estimate of drug-likeness (QED) is 0.639. The summed E-state index contributed by atoms with van der Waals surface area (Å²) in [4.78, 5) is 6.79. The molecule has 1 aromatic carbocycles. The molecule has 1 N–H and O–H groups in total. The maximum Gasteiger partial charge on any atom is 0.170 e. The monoisotopic (exact) mass is 394 g/mol. The molecule has 4 rings (SSSR count). The molecule has 0 aliphatic carbocycles. The Morgan fingerprint density at radius 1 is 1.14 bits per heavy atom. The average Bonchev–Trinajstić information content (AvgIpc) is 3.27. The van der Waals surface area contributed by atoms with Crippen LogP contribution in [0.5, 0.6) is 0 Å². The fourth-order valence-corrected chi connectivity index (χ4v) is 4.13. The molecule has 3 heterocycles. The first-order valence-corrected chi connectivity index (χ1v) is 9.86. The Morgan fingerprint density at radius 2 is 2.00 bits per heavy atom. The molecule has 0 radical (unpaired) electrons. The molecule has 1 aliphatic heterocycles. The maximum absolute atomic E-state index is 13.9. The van der Waals surface area contributed by atoms with Crippen LogP contribution in [-0.2, 0) is 0 Å². The van der Waals surface area contributed by atoms with Crippen molar-refractivity contribution in [2.45, 2.75) is 25.9 Å². The number of nitrogens with one attached hydrogen (secondary N) is 1. The third-order valence-corrected chi connectivity index (χ3v) is 5.28. The minimum Gasteiger partial charge on any atom is -0.352 e. The zero-order valence-corrected chi connectivity index (χ0v) is 16.7. The van der Waals surface area contributed by atoms with Crippen LogP contribution in [0, 0.1) is 11.7 Å². The molecule has 28 heavy (non-hydrogen) atoms. The third kappa shape index (κ3) is 3.52. The highest BCUT2D eigenvalue weighted by Gasteiger charge is 2.41. The second-order valence-electron chi connectivity index (χ2n) is 7.46. The van der Waals surface area contributed by atoms with Gasteiger partial charge in [0, 0.05) is 30.3 Å². The van der Waals surface area contributed by atoms with Crippen molar-refractivity contribution >= 4 is 17.3 Å². The number of aromatic nitrogens is 2. The van der Waals surface area contributed by atoms with Gasteiger partial charge in [0.05, 0.1) is 17.8 Å². The number of rotatable bonds is 5. The van der Waals surface area contributed by atoms with Crippen molar-refractivity contribution in [1.29, 1.82) is 0 Å². The Bertz CT molecular complexity index is 969. The zero-order valence-electron chi connectivity index (χ0n) is 15.9. The van der Waals surface area contributed by atoms with Gasteiger partial charge in [-0.3, -0.25) is 4.98 Å². The smallest absolute Gasteiger partial charge is 0.170 e. The van der Waals surface area contributed by atoms with Gasteiger partial charge in [0.2, 0.25) is 0 Å². The molecule has 2 aromatic heterocycles. The summed E-state index contributed by atoms with van der Waals surface area (Å²) in [7, 11) is 0. The van der Waals surface area contributed by atoms with Crippen LogP contribution in [0.15, 0.2) is 67.0 Å². The number of thiocarbonyl (C=S) groups is 1. The van der Waals surface area contributed by atoms with Gasteiger partial charge in [-0.2, -0.15) is 0 Å². The zero-order chi connectivity index (χ0) is 19.7. The summed E-state index contributed by atoms with van der Waals surface area (Å²) in [5, 5.41) is 4.18. The van der Waals surface area contributed by atoms with Crippen LogP contribution in [0.3, 0.4) is 0 Å². The van der Waals surface area contributed by atoms with Crippen molar-refractivity contribution in [1.82, 2.24) is 19.8 Å². The van der Waals surface area contributed by atoms with Gasteiger partial charge in [0.1, 0.15) is 5.82 Å². The van der Waals surface area contributed by atoms with E-state index >= 15 is 0 Å². The molecule has 3 aromatic rings. The van der Waals surface area contributed by atoms with E-state index in [2.05, 4.69) is 35.1 Å². The number of nitrogens with zero attached hydrogens (tertiary/aromatic N) is 3. The number of hydrogen-bond acceptors (Lipinski definition) is 2. The van der Waals surface area contributed by atoms with Crippen LogP contribution >= 0.6 is 12.2 Å². The van der Waals surface area contributed by atoms with Crippen molar-refractivity contribution in [3.8, 4) is 5.69 Å². The summed E-state index contributed by atoms with van der Waals surface area (Å²) >= 11 is 5.69. The third-order valence-electron chi connectivity index (χ3n) is 4.93. The molecule has 2 atom stereocenters. The van der Waals surface area contributed by atoms with Crippen molar-refractivity contribution in [3.05, 3.63) is 84.2 Å². The van der Waals surface area contributed by atoms with E-state index in [1.165, 1.54) is 6.07 Å². The highest BCUT2D eigenvalue weighted by atomic mass is 32.1. The van der Waals surface area contributed by atoms with Gasteiger partial charge in [-0.1, -0.05) is 26.0 Å². The van der Waals surface area contributed by atoms with E-state index in [0.717, 1.165) is 28.7 Å². The lowest BCUT2D eigenvalue weighted by Crippen LogP contribution is -2.33. The van der Waals surface area contributed by atoms with Gasteiger partial charge in [-0.05, 0) is 60.6 Å². The Hall–Kier alpha value is -2.73. The van der Waals surface area contributed by atoms with Crippen LogP contribution in [0.4, 0.5) is 4.39 Å². The van der Waals surface area contributed by atoms with Gasteiger partial charge in [-0.15, -0.1) is 0 Å². The lowest BCUT2D eigenvalue weighted by atomic mass is 10.0. The predicted octanol–water partition coefficient (Wildman–Crippen LogP) is 4.64. The highest BCUT2D eigenvalue weighted by molar-refractivity contribution is 7.80. The van der Waals surface area contributed by atoms with Crippen molar-refractivity contribution in [3.63, 3.8) is 0 Å². The minimum atomic E-state index is -0.252.